The summed E-state index contributed by atoms with van der Waals surface area (Å²) in [6, 6.07) is 7.17. The molecular weight excluding hydrogens is 214 g/mol. The van der Waals surface area contributed by atoms with Crippen LogP contribution in [0.25, 0.3) is 6.08 Å². The summed E-state index contributed by atoms with van der Waals surface area (Å²) < 4.78 is 0. The normalized spacial score (nSPS) is 18.3. The molecule has 4 heteroatoms. The molecule has 0 aliphatic carbocycles. The molecule has 0 spiro atoms. The molecule has 76 valence electrons. The van der Waals surface area contributed by atoms with E-state index in [2.05, 4.69) is 5.32 Å². The van der Waals surface area contributed by atoms with Crippen LogP contribution in [0, 0.1) is 0 Å². The highest BCUT2D eigenvalue weighted by molar-refractivity contribution is 6.32. The second-order valence-electron chi connectivity index (χ2n) is 3.25. The molecule has 1 heterocycles. The van der Waals surface area contributed by atoms with E-state index < -0.39 is 0 Å². The Bertz CT molecular complexity index is 465. The zero-order valence-electron chi connectivity index (χ0n) is 7.79. The summed E-state index contributed by atoms with van der Waals surface area (Å²) >= 11 is 5.93. The number of halogens is 1. The Morgan fingerprint density at radius 2 is 2.00 bits per heavy atom. The first-order valence-corrected chi connectivity index (χ1v) is 4.84. The average Bonchev–Trinajstić information content (AvgIpc) is 2.49. The van der Waals surface area contributed by atoms with Crippen molar-refractivity contribution in [3.05, 3.63) is 40.4 Å². The van der Waals surface area contributed by atoms with Gasteiger partial charge in [0.2, 0.25) is 5.91 Å². The van der Waals surface area contributed by atoms with Crippen LogP contribution in [0.4, 0.5) is 0 Å². The largest absolute Gasteiger partial charge is 0.292 e. The molecule has 3 nitrogen and oxygen atoms in total. The van der Waals surface area contributed by atoms with E-state index >= 15 is 0 Å². The van der Waals surface area contributed by atoms with Crippen LogP contribution in [0.1, 0.15) is 12.0 Å². The Labute approximate surface area is 91.7 Å². The molecule has 2 rings (SSSR count). The van der Waals surface area contributed by atoms with Gasteiger partial charge in [0.25, 0.3) is 5.91 Å². The number of amides is 2. The summed E-state index contributed by atoms with van der Waals surface area (Å²) in [7, 11) is 0. The van der Waals surface area contributed by atoms with Crippen LogP contribution in [0.15, 0.2) is 29.8 Å². The van der Waals surface area contributed by atoms with Gasteiger partial charge in [-0.15, -0.1) is 0 Å². The van der Waals surface area contributed by atoms with Crippen LogP contribution in [0.5, 0.6) is 0 Å². The number of imide groups is 1. The van der Waals surface area contributed by atoms with Gasteiger partial charge in [0, 0.05) is 10.6 Å². The van der Waals surface area contributed by atoms with E-state index in [-0.39, 0.29) is 18.2 Å². The van der Waals surface area contributed by atoms with Gasteiger partial charge < -0.3 is 0 Å². The van der Waals surface area contributed by atoms with Crippen molar-refractivity contribution in [1.29, 1.82) is 0 Å². The summed E-state index contributed by atoms with van der Waals surface area (Å²) in [6.07, 6.45) is 1.77. The van der Waals surface area contributed by atoms with E-state index in [0.29, 0.717) is 10.6 Å². The van der Waals surface area contributed by atoms with Gasteiger partial charge in [-0.2, -0.15) is 0 Å². The van der Waals surface area contributed by atoms with E-state index in [1.807, 2.05) is 12.1 Å². The standard InChI is InChI=1S/C11H8ClNO2/c12-9-4-2-1-3-7(9)5-8-6-10(14)13-11(8)15/h1-5H,6H2,(H,13,14,15)/b8-5+. The summed E-state index contributed by atoms with van der Waals surface area (Å²) in [5, 5.41) is 2.78. The Hall–Kier alpha value is -1.61. The van der Waals surface area contributed by atoms with Crippen molar-refractivity contribution < 1.29 is 9.59 Å². The third-order valence-corrected chi connectivity index (χ3v) is 2.47. The lowest BCUT2D eigenvalue weighted by atomic mass is 10.1. The quantitative estimate of drug-likeness (QED) is 0.580. The first kappa shape index (κ1) is 9.93. The third kappa shape index (κ3) is 2.07. The minimum Gasteiger partial charge on any atom is -0.292 e. The maximum absolute atomic E-state index is 11.3. The van der Waals surface area contributed by atoms with Crippen LogP contribution in [-0.4, -0.2) is 11.8 Å². The lowest BCUT2D eigenvalue weighted by molar-refractivity contribution is -0.124. The van der Waals surface area contributed by atoms with Gasteiger partial charge in [0.1, 0.15) is 0 Å². The second-order valence-corrected chi connectivity index (χ2v) is 3.65. The summed E-state index contributed by atoms with van der Waals surface area (Å²) in [5.41, 5.74) is 1.20. The predicted molar refractivity (Wildman–Crippen MR) is 57.2 cm³/mol. The van der Waals surface area contributed by atoms with E-state index in [1.165, 1.54) is 0 Å². The molecular formula is C11H8ClNO2. The van der Waals surface area contributed by atoms with Gasteiger partial charge in [-0.05, 0) is 17.7 Å². The van der Waals surface area contributed by atoms with Crippen LogP contribution < -0.4 is 5.32 Å². The molecule has 0 unspecified atom stereocenters. The van der Waals surface area contributed by atoms with Crippen molar-refractivity contribution in [1.82, 2.24) is 5.32 Å². The molecule has 0 aromatic heterocycles. The van der Waals surface area contributed by atoms with Crippen LogP contribution in [-0.2, 0) is 9.59 Å². The highest BCUT2D eigenvalue weighted by Crippen LogP contribution is 2.20. The fraction of sp³-hybridized carbons (Fsp3) is 0.0909. The molecule has 1 aromatic carbocycles. The molecule has 1 N–H and O–H groups in total. The van der Waals surface area contributed by atoms with Crippen LogP contribution >= 0.6 is 11.6 Å². The molecule has 15 heavy (non-hydrogen) atoms. The molecule has 0 saturated carbocycles. The molecule has 0 bridgehead atoms. The van der Waals surface area contributed by atoms with E-state index in [1.54, 1.807) is 18.2 Å². The molecule has 1 aliphatic heterocycles. The highest BCUT2D eigenvalue weighted by atomic mass is 35.5. The number of nitrogens with one attached hydrogen (secondary N) is 1. The summed E-state index contributed by atoms with van der Waals surface area (Å²) in [4.78, 5) is 22.2. The molecule has 0 radical (unpaired) electrons. The lowest BCUT2D eigenvalue weighted by Gasteiger charge is -1.97. The number of hydrogen-bond acceptors (Lipinski definition) is 2. The minimum absolute atomic E-state index is 0.129. The molecule has 1 aromatic rings. The van der Waals surface area contributed by atoms with E-state index in [0.717, 1.165) is 5.56 Å². The van der Waals surface area contributed by atoms with Gasteiger partial charge in [-0.1, -0.05) is 29.8 Å². The van der Waals surface area contributed by atoms with Gasteiger partial charge in [0.05, 0.1) is 6.42 Å². The minimum atomic E-state index is -0.333. The first-order chi connectivity index (χ1) is 7.16. The van der Waals surface area contributed by atoms with E-state index in [9.17, 15) is 9.59 Å². The smallest absolute Gasteiger partial charge is 0.254 e. The van der Waals surface area contributed by atoms with Crippen LogP contribution in [0.2, 0.25) is 5.02 Å². The molecule has 1 fully saturated rings. The monoisotopic (exact) mass is 221 g/mol. The Kier molecular flexibility index (Phi) is 2.56. The third-order valence-electron chi connectivity index (χ3n) is 2.13. The molecule has 1 aliphatic rings. The lowest BCUT2D eigenvalue weighted by Crippen LogP contribution is -2.19. The first-order valence-electron chi connectivity index (χ1n) is 4.46. The number of benzene rings is 1. The van der Waals surface area contributed by atoms with Gasteiger partial charge in [-0.25, -0.2) is 0 Å². The van der Waals surface area contributed by atoms with Crippen molar-refractivity contribution >= 4 is 29.5 Å². The van der Waals surface area contributed by atoms with Gasteiger partial charge in [0.15, 0.2) is 0 Å². The maximum atomic E-state index is 11.3. The predicted octanol–water partition coefficient (Wildman–Crippen LogP) is 1.77. The fourth-order valence-electron chi connectivity index (χ4n) is 1.40. The van der Waals surface area contributed by atoms with E-state index in [4.69, 9.17) is 11.6 Å². The van der Waals surface area contributed by atoms with Gasteiger partial charge in [-0.3, -0.25) is 14.9 Å². The summed E-state index contributed by atoms with van der Waals surface area (Å²) in [6.45, 7) is 0. The Morgan fingerprint density at radius 3 is 2.60 bits per heavy atom. The molecule has 2 amide bonds. The Balaban J connectivity index is 2.35. The zero-order chi connectivity index (χ0) is 10.8. The fourth-order valence-corrected chi connectivity index (χ4v) is 1.59. The summed E-state index contributed by atoms with van der Waals surface area (Å²) in [5.74, 6) is -0.599. The SMILES string of the molecule is O=C1C/C(=C\c2ccccc2Cl)C(=O)N1. The van der Waals surface area contributed by atoms with Gasteiger partial charge >= 0.3 is 0 Å². The molecule has 1 saturated heterocycles. The molecule has 0 atom stereocenters. The average molecular weight is 222 g/mol. The highest BCUT2D eigenvalue weighted by Gasteiger charge is 2.23. The van der Waals surface area contributed by atoms with Crippen molar-refractivity contribution in [2.24, 2.45) is 0 Å². The van der Waals surface area contributed by atoms with Crippen molar-refractivity contribution in [2.75, 3.05) is 0 Å². The Morgan fingerprint density at radius 1 is 1.27 bits per heavy atom. The number of hydrogen-bond donors (Lipinski definition) is 1. The van der Waals surface area contributed by atoms with Crippen molar-refractivity contribution in [3.8, 4) is 0 Å². The van der Waals surface area contributed by atoms with Crippen molar-refractivity contribution in [2.45, 2.75) is 6.42 Å². The van der Waals surface area contributed by atoms with Crippen LogP contribution in [0.3, 0.4) is 0 Å². The second kappa shape index (κ2) is 3.87. The number of carbonyl (C=O) groups is 2. The number of carbonyl (C=O) groups excluding carboxylic acids is 2. The van der Waals surface area contributed by atoms with Crippen molar-refractivity contribution in [3.63, 3.8) is 0 Å². The number of rotatable bonds is 1. The maximum Gasteiger partial charge on any atom is 0.254 e. The zero-order valence-corrected chi connectivity index (χ0v) is 8.54. The topological polar surface area (TPSA) is 46.2 Å².